The Morgan fingerprint density at radius 1 is 1.29 bits per heavy atom. The topological polar surface area (TPSA) is 76.5 Å². The molecule has 0 spiro atoms. The average molecular weight is 328 g/mol. The maximum atomic E-state index is 12.5. The minimum atomic E-state index is -1.01. The van der Waals surface area contributed by atoms with Crippen LogP contribution in [0.2, 0.25) is 0 Å². The zero-order valence-electron chi connectivity index (χ0n) is 13.9. The number of hydrogen-bond acceptors (Lipinski definition) is 4. The van der Waals surface area contributed by atoms with Crippen molar-refractivity contribution in [3.8, 4) is 11.1 Å². The second-order valence-electron chi connectivity index (χ2n) is 6.19. The summed E-state index contributed by atoms with van der Waals surface area (Å²) >= 11 is 0. The standard InChI is InChI=1S/C17H20N4O3/c1-17(11-24-3)15(22)21(16(23)19-17)9-12-5-4-6-13(7-12)14-8-18-20(2)10-14/h4-8,10H,9,11H2,1-3H3,(H,19,23). The van der Waals surface area contributed by atoms with E-state index in [1.807, 2.05) is 37.5 Å². The smallest absolute Gasteiger partial charge is 0.325 e. The lowest BCUT2D eigenvalue weighted by atomic mass is 10.0. The number of aryl methyl sites for hydroxylation is 1. The lowest BCUT2D eigenvalue weighted by Gasteiger charge is -2.20. The number of imide groups is 1. The van der Waals surface area contributed by atoms with Gasteiger partial charge in [0.1, 0.15) is 5.54 Å². The van der Waals surface area contributed by atoms with E-state index in [2.05, 4.69) is 10.4 Å². The van der Waals surface area contributed by atoms with E-state index in [0.717, 1.165) is 16.7 Å². The molecule has 0 bridgehead atoms. The van der Waals surface area contributed by atoms with E-state index >= 15 is 0 Å². The number of nitrogens with one attached hydrogen (secondary N) is 1. The van der Waals surface area contributed by atoms with Crippen molar-refractivity contribution in [1.82, 2.24) is 20.0 Å². The van der Waals surface area contributed by atoms with Gasteiger partial charge in [0.05, 0.1) is 19.3 Å². The third kappa shape index (κ3) is 2.90. The monoisotopic (exact) mass is 328 g/mol. The van der Waals surface area contributed by atoms with Gasteiger partial charge in [-0.1, -0.05) is 18.2 Å². The highest BCUT2D eigenvalue weighted by Gasteiger charge is 2.47. The van der Waals surface area contributed by atoms with Crippen molar-refractivity contribution in [2.45, 2.75) is 19.0 Å². The fourth-order valence-electron chi connectivity index (χ4n) is 2.88. The van der Waals surface area contributed by atoms with Gasteiger partial charge in [0.2, 0.25) is 0 Å². The maximum absolute atomic E-state index is 12.5. The number of hydrogen-bond donors (Lipinski definition) is 1. The van der Waals surface area contributed by atoms with Crippen LogP contribution >= 0.6 is 0 Å². The van der Waals surface area contributed by atoms with Crippen LogP contribution in [0.1, 0.15) is 12.5 Å². The van der Waals surface area contributed by atoms with Crippen molar-refractivity contribution in [3.63, 3.8) is 0 Å². The highest BCUT2D eigenvalue weighted by molar-refractivity contribution is 6.06. The van der Waals surface area contributed by atoms with Crippen LogP contribution < -0.4 is 5.32 Å². The highest BCUT2D eigenvalue weighted by atomic mass is 16.5. The molecule has 126 valence electrons. The summed E-state index contributed by atoms with van der Waals surface area (Å²) in [5.74, 6) is -0.277. The summed E-state index contributed by atoms with van der Waals surface area (Å²) in [4.78, 5) is 25.9. The number of benzene rings is 1. The summed E-state index contributed by atoms with van der Waals surface area (Å²) in [6, 6.07) is 7.34. The molecule has 0 radical (unpaired) electrons. The van der Waals surface area contributed by atoms with Crippen LogP contribution in [0.5, 0.6) is 0 Å². The molecule has 2 heterocycles. The van der Waals surface area contributed by atoms with Gasteiger partial charge in [-0.25, -0.2) is 4.79 Å². The first-order chi connectivity index (χ1) is 11.4. The summed E-state index contributed by atoms with van der Waals surface area (Å²) in [6.45, 7) is 2.03. The molecule has 7 nitrogen and oxygen atoms in total. The van der Waals surface area contributed by atoms with Gasteiger partial charge in [-0.3, -0.25) is 14.4 Å². The average Bonchev–Trinajstić information content (AvgIpc) is 3.06. The lowest BCUT2D eigenvalue weighted by Crippen LogP contribution is -2.47. The van der Waals surface area contributed by atoms with Crippen LogP contribution in [-0.2, 0) is 23.1 Å². The zero-order valence-corrected chi connectivity index (χ0v) is 13.9. The van der Waals surface area contributed by atoms with Crippen LogP contribution in [-0.4, -0.2) is 45.9 Å². The molecule has 24 heavy (non-hydrogen) atoms. The SMILES string of the molecule is COCC1(C)NC(=O)N(Cc2cccc(-c3cnn(C)c3)c2)C1=O. The van der Waals surface area contributed by atoms with Crippen LogP contribution in [0.3, 0.4) is 0 Å². The van der Waals surface area contributed by atoms with Crippen molar-refractivity contribution >= 4 is 11.9 Å². The molecular weight excluding hydrogens is 308 g/mol. The number of ether oxygens (including phenoxy) is 1. The van der Waals surface area contributed by atoms with Gasteiger partial charge >= 0.3 is 6.03 Å². The third-order valence-corrected chi connectivity index (χ3v) is 4.08. The van der Waals surface area contributed by atoms with Crippen molar-refractivity contribution in [1.29, 1.82) is 0 Å². The van der Waals surface area contributed by atoms with Gasteiger partial charge in [0, 0.05) is 25.9 Å². The molecule has 2 aromatic rings. The van der Waals surface area contributed by atoms with E-state index in [4.69, 9.17) is 4.74 Å². The second kappa shape index (κ2) is 6.09. The predicted octanol–water partition coefficient (Wildman–Crippen LogP) is 1.54. The molecule has 0 aliphatic carbocycles. The van der Waals surface area contributed by atoms with Crippen LogP contribution in [0.4, 0.5) is 4.79 Å². The molecule has 1 N–H and O–H groups in total. The molecule has 1 aliphatic heterocycles. The number of urea groups is 1. The fourth-order valence-corrected chi connectivity index (χ4v) is 2.88. The Labute approximate surface area is 140 Å². The van der Waals surface area contributed by atoms with E-state index in [1.165, 1.54) is 12.0 Å². The van der Waals surface area contributed by atoms with Gasteiger partial charge in [-0.2, -0.15) is 5.10 Å². The normalized spacial score (nSPS) is 20.5. The first-order valence-corrected chi connectivity index (χ1v) is 7.64. The fraction of sp³-hybridized carbons (Fsp3) is 0.353. The maximum Gasteiger partial charge on any atom is 0.325 e. The zero-order chi connectivity index (χ0) is 17.3. The van der Waals surface area contributed by atoms with E-state index in [1.54, 1.807) is 17.8 Å². The minimum absolute atomic E-state index is 0.143. The Morgan fingerprint density at radius 2 is 2.08 bits per heavy atom. The van der Waals surface area contributed by atoms with E-state index in [0.29, 0.717) is 0 Å². The largest absolute Gasteiger partial charge is 0.382 e. The summed E-state index contributed by atoms with van der Waals surface area (Å²) in [5.41, 5.74) is 1.85. The van der Waals surface area contributed by atoms with Gasteiger partial charge in [-0.05, 0) is 24.1 Å². The Bertz CT molecular complexity index is 786. The Balaban J connectivity index is 1.81. The summed E-state index contributed by atoms with van der Waals surface area (Å²) < 4.78 is 6.79. The molecule has 1 unspecified atom stereocenters. The van der Waals surface area contributed by atoms with Gasteiger partial charge in [-0.15, -0.1) is 0 Å². The Kier molecular flexibility index (Phi) is 4.11. The molecule has 3 amide bonds. The molecular formula is C17H20N4O3. The van der Waals surface area contributed by atoms with Crippen LogP contribution in [0.15, 0.2) is 36.7 Å². The van der Waals surface area contributed by atoms with E-state index in [-0.39, 0.29) is 19.1 Å². The quantitative estimate of drug-likeness (QED) is 0.845. The molecule has 1 aromatic heterocycles. The highest BCUT2D eigenvalue weighted by Crippen LogP contribution is 2.23. The molecule has 1 atom stereocenters. The van der Waals surface area contributed by atoms with Gasteiger partial charge in [0.15, 0.2) is 0 Å². The number of amides is 3. The number of nitrogens with zero attached hydrogens (tertiary/aromatic N) is 3. The molecule has 1 aliphatic rings. The molecule has 7 heteroatoms. The van der Waals surface area contributed by atoms with Crippen molar-refractivity contribution in [2.75, 3.05) is 13.7 Å². The number of methoxy groups -OCH3 is 1. The van der Waals surface area contributed by atoms with Crippen LogP contribution in [0.25, 0.3) is 11.1 Å². The third-order valence-electron chi connectivity index (χ3n) is 4.08. The number of aromatic nitrogens is 2. The van der Waals surface area contributed by atoms with Gasteiger partial charge in [0.25, 0.3) is 5.91 Å². The number of rotatable bonds is 5. The molecule has 1 fully saturated rings. The van der Waals surface area contributed by atoms with E-state index in [9.17, 15) is 9.59 Å². The second-order valence-corrected chi connectivity index (χ2v) is 6.19. The minimum Gasteiger partial charge on any atom is -0.382 e. The Hall–Kier alpha value is -2.67. The molecule has 1 aromatic carbocycles. The van der Waals surface area contributed by atoms with Crippen molar-refractivity contribution in [3.05, 3.63) is 42.2 Å². The van der Waals surface area contributed by atoms with Gasteiger partial charge < -0.3 is 10.1 Å². The predicted molar refractivity (Wildman–Crippen MR) is 88.0 cm³/mol. The summed E-state index contributed by atoms with van der Waals surface area (Å²) in [5, 5.41) is 6.86. The summed E-state index contributed by atoms with van der Waals surface area (Å²) in [7, 11) is 3.36. The van der Waals surface area contributed by atoms with Crippen molar-refractivity contribution in [2.24, 2.45) is 7.05 Å². The van der Waals surface area contributed by atoms with Crippen molar-refractivity contribution < 1.29 is 14.3 Å². The van der Waals surface area contributed by atoms with E-state index < -0.39 is 11.6 Å². The molecule has 1 saturated heterocycles. The van der Waals surface area contributed by atoms with Crippen LogP contribution in [0, 0.1) is 0 Å². The number of carbonyl (C=O) groups excluding carboxylic acids is 2. The molecule has 3 rings (SSSR count). The Morgan fingerprint density at radius 3 is 2.75 bits per heavy atom. The lowest BCUT2D eigenvalue weighted by molar-refractivity contribution is -0.132. The first kappa shape index (κ1) is 16.2. The molecule has 0 saturated carbocycles. The first-order valence-electron chi connectivity index (χ1n) is 7.64. The summed E-state index contributed by atoms with van der Waals surface area (Å²) in [6.07, 6.45) is 3.70. The number of carbonyl (C=O) groups is 2.